The second-order valence-corrected chi connectivity index (χ2v) is 3.59. The first-order valence-electron chi connectivity index (χ1n) is 4.57. The van der Waals surface area contributed by atoms with Crippen LogP contribution in [0, 0.1) is 33.1 Å². The fourth-order valence-electron chi connectivity index (χ4n) is 1.52. The summed E-state index contributed by atoms with van der Waals surface area (Å²) in [5.41, 5.74) is 5.17. The van der Waals surface area contributed by atoms with E-state index in [2.05, 4.69) is 38.8 Å². The molecule has 0 saturated heterocycles. The molecule has 0 aliphatic heterocycles. The molecule has 0 amide bonds. The Balaban J connectivity index is 3.28. The van der Waals surface area contributed by atoms with Gasteiger partial charge in [-0.25, -0.2) is 0 Å². The number of hydrogen-bond acceptors (Lipinski definition) is 0. The van der Waals surface area contributed by atoms with Crippen LogP contribution in [0.2, 0.25) is 0 Å². The van der Waals surface area contributed by atoms with E-state index in [1.165, 1.54) is 22.3 Å². The molecule has 67 valence electrons. The van der Waals surface area contributed by atoms with E-state index in [0.717, 1.165) is 0 Å². The monoisotopic (exact) mass is 171 g/mol. The summed E-state index contributed by atoms with van der Waals surface area (Å²) in [7, 11) is 0. The quantitative estimate of drug-likeness (QED) is 0.569. The molecule has 1 radical (unpaired) electrons. The van der Waals surface area contributed by atoms with Crippen LogP contribution in [0.3, 0.4) is 0 Å². The summed E-state index contributed by atoms with van der Waals surface area (Å²) >= 11 is 0. The SMILES string of the molecule is [C]#CC(C)c1ccc(C)c(C)c1C. The van der Waals surface area contributed by atoms with Crippen molar-refractivity contribution in [2.24, 2.45) is 0 Å². The first-order valence-corrected chi connectivity index (χ1v) is 4.57. The van der Waals surface area contributed by atoms with Crippen LogP contribution in [0.25, 0.3) is 0 Å². The third-order valence-corrected chi connectivity index (χ3v) is 2.78. The summed E-state index contributed by atoms with van der Waals surface area (Å²) in [4.78, 5) is 0. The molecule has 1 atom stereocenters. The first kappa shape index (κ1) is 9.86. The fraction of sp³-hybridized carbons (Fsp3) is 0.385. The number of aryl methyl sites for hydroxylation is 1. The van der Waals surface area contributed by atoms with E-state index >= 15 is 0 Å². The molecule has 0 aromatic heterocycles. The lowest BCUT2D eigenvalue weighted by Crippen LogP contribution is -1.97. The fourth-order valence-corrected chi connectivity index (χ4v) is 1.52. The van der Waals surface area contributed by atoms with Gasteiger partial charge in [-0.15, -0.1) is 0 Å². The molecule has 13 heavy (non-hydrogen) atoms. The smallest absolute Gasteiger partial charge is 0.0437 e. The molecule has 0 saturated carbocycles. The highest BCUT2D eigenvalue weighted by Crippen LogP contribution is 2.23. The molecule has 1 aromatic rings. The standard InChI is InChI=1S/C13H15/c1-6-9(2)13-8-7-10(3)11(4)12(13)5/h7-9H,2-5H3. The van der Waals surface area contributed by atoms with Gasteiger partial charge < -0.3 is 0 Å². The minimum absolute atomic E-state index is 0.110. The third-order valence-electron chi connectivity index (χ3n) is 2.78. The van der Waals surface area contributed by atoms with Crippen LogP contribution in [0.4, 0.5) is 0 Å². The van der Waals surface area contributed by atoms with Crippen molar-refractivity contribution >= 4 is 0 Å². The molecule has 0 fully saturated rings. The van der Waals surface area contributed by atoms with Gasteiger partial charge in [-0.05, 0) is 56.4 Å². The van der Waals surface area contributed by atoms with E-state index in [1.807, 2.05) is 6.92 Å². The van der Waals surface area contributed by atoms with Crippen molar-refractivity contribution in [3.05, 3.63) is 40.8 Å². The number of benzene rings is 1. The maximum absolute atomic E-state index is 7.12. The summed E-state index contributed by atoms with van der Waals surface area (Å²) in [6.45, 7) is 8.37. The van der Waals surface area contributed by atoms with Gasteiger partial charge in [0.15, 0.2) is 0 Å². The van der Waals surface area contributed by atoms with Crippen molar-refractivity contribution < 1.29 is 0 Å². The minimum atomic E-state index is 0.110. The van der Waals surface area contributed by atoms with Gasteiger partial charge in [0.2, 0.25) is 0 Å². The maximum Gasteiger partial charge on any atom is 0.0437 e. The van der Waals surface area contributed by atoms with Crippen LogP contribution in [-0.4, -0.2) is 0 Å². The molecule has 1 unspecified atom stereocenters. The minimum Gasteiger partial charge on any atom is -0.0812 e. The molecule has 0 nitrogen and oxygen atoms in total. The van der Waals surface area contributed by atoms with Gasteiger partial charge in [-0.1, -0.05) is 18.1 Å². The first-order chi connectivity index (χ1) is 6.07. The zero-order chi connectivity index (χ0) is 10.0. The highest BCUT2D eigenvalue weighted by molar-refractivity contribution is 5.42. The van der Waals surface area contributed by atoms with Crippen molar-refractivity contribution in [3.8, 4) is 5.92 Å². The molecule has 1 rings (SSSR count). The zero-order valence-corrected chi connectivity index (χ0v) is 8.73. The third kappa shape index (κ3) is 1.75. The molecule has 1 aromatic carbocycles. The van der Waals surface area contributed by atoms with E-state index in [0.29, 0.717) is 0 Å². The van der Waals surface area contributed by atoms with Crippen LogP contribution in [0.15, 0.2) is 12.1 Å². The van der Waals surface area contributed by atoms with Crippen molar-refractivity contribution in [3.63, 3.8) is 0 Å². The van der Waals surface area contributed by atoms with Crippen molar-refractivity contribution in [1.29, 1.82) is 0 Å². The van der Waals surface area contributed by atoms with Crippen LogP contribution in [0.1, 0.15) is 35.1 Å². The average molecular weight is 171 g/mol. The lowest BCUT2D eigenvalue weighted by molar-refractivity contribution is 0.976. The summed E-state index contributed by atoms with van der Waals surface area (Å²) in [6, 6.07) is 4.22. The van der Waals surface area contributed by atoms with Gasteiger partial charge in [0.25, 0.3) is 0 Å². The van der Waals surface area contributed by atoms with Crippen molar-refractivity contribution in [2.45, 2.75) is 33.6 Å². The van der Waals surface area contributed by atoms with Gasteiger partial charge >= 0.3 is 0 Å². The Morgan fingerprint density at radius 1 is 1.15 bits per heavy atom. The Labute approximate surface area is 81.0 Å². The molecule has 0 heteroatoms. The summed E-state index contributed by atoms with van der Waals surface area (Å²) in [5.74, 6) is 2.63. The molecule has 0 spiro atoms. The maximum atomic E-state index is 7.12. The van der Waals surface area contributed by atoms with Gasteiger partial charge in [0.05, 0.1) is 0 Å². The predicted molar refractivity (Wildman–Crippen MR) is 56.2 cm³/mol. The van der Waals surface area contributed by atoms with Crippen LogP contribution in [-0.2, 0) is 0 Å². The van der Waals surface area contributed by atoms with Gasteiger partial charge in [-0.3, -0.25) is 0 Å². The Morgan fingerprint density at radius 2 is 1.77 bits per heavy atom. The molecule has 0 N–H and O–H groups in total. The second-order valence-electron chi connectivity index (χ2n) is 3.59. The van der Waals surface area contributed by atoms with Gasteiger partial charge in [0, 0.05) is 5.92 Å². The Kier molecular flexibility index (Phi) is 2.78. The molecular formula is C13H15. The zero-order valence-electron chi connectivity index (χ0n) is 8.73. The van der Waals surface area contributed by atoms with Crippen molar-refractivity contribution in [2.75, 3.05) is 0 Å². The summed E-state index contributed by atoms with van der Waals surface area (Å²) < 4.78 is 0. The lowest BCUT2D eigenvalue weighted by Gasteiger charge is -2.13. The average Bonchev–Trinajstić information content (AvgIpc) is 2.13. The summed E-state index contributed by atoms with van der Waals surface area (Å²) in [5, 5.41) is 0. The number of hydrogen-bond donors (Lipinski definition) is 0. The Morgan fingerprint density at radius 3 is 2.31 bits per heavy atom. The Hall–Kier alpha value is -1.22. The van der Waals surface area contributed by atoms with Crippen LogP contribution >= 0.6 is 0 Å². The molecule has 0 aliphatic rings. The highest BCUT2D eigenvalue weighted by Gasteiger charge is 2.07. The molecular weight excluding hydrogens is 156 g/mol. The highest BCUT2D eigenvalue weighted by atomic mass is 14.1. The predicted octanol–water partition coefficient (Wildman–Crippen LogP) is 3.31. The van der Waals surface area contributed by atoms with Crippen LogP contribution in [0.5, 0.6) is 0 Å². The van der Waals surface area contributed by atoms with Gasteiger partial charge in [-0.2, -0.15) is 0 Å². The Bertz CT molecular complexity index is 353. The van der Waals surface area contributed by atoms with Crippen molar-refractivity contribution in [1.82, 2.24) is 0 Å². The number of rotatable bonds is 1. The normalized spacial score (nSPS) is 12.2. The second kappa shape index (κ2) is 3.66. The van der Waals surface area contributed by atoms with Gasteiger partial charge in [0.1, 0.15) is 0 Å². The molecule has 0 heterocycles. The van der Waals surface area contributed by atoms with E-state index in [4.69, 9.17) is 6.42 Å². The molecule has 0 bridgehead atoms. The van der Waals surface area contributed by atoms with Crippen LogP contribution < -0.4 is 0 Å². The molecule has 0 aliphatic carbocycles. The topological polar surface area (TPSA) is 0 Å². The summed E-state index contributed by atoms with van der Waals surface area (Å²) in [6.07, 6.45) is 7.12. The van der Waals surface area contributed by atoms with E-state index in [9.17, 15) is 0 Å². The lowest BCUT2D eigenvalue weighted by atomic mass is 9.92. The largest absolute Gasteiger partial charge is 0.0812 e. The van der Waals surface area contributed by atoms with E-state index in [1.54, 1.807) is 0 Å². The van der Waals surface area contributed by atoms with E-state index in [-0.39, 0.29) is 5.92 Å². The van der Waals surface area contributed by atoms with E-state index < -0.39 is 0 Å².